The quantitative estimate of drug-likeness (QED) is 0.799. The highest BCUT2D eigenvalue weighted by Crippen LogP contribution is 2.35. The maximum atomic E-state index is 13.9. The van der Waals surface area contributed by atoms with Crippen molar-refractivity contribution < 1.29 is 18.4 Å². The minimum absolute atomic E-state index is 0.0794. The summed E-state index contributed by atoms with van der Waals surface area (Å²) in [6, 6.07) is 2.76. The summed E-state index contributed by atoms with van der Waals surface area (Å²) < 4.78 is 27.7. The summed E-state index contributed by atoms with van der Waals surface area (Å²) in [5, 5.41) is 2.51. The fourth-order valence-electron chi connectivity index (χ4n) is 3.25. The normalized spacial score (nSPS) is 19.6. The largest absolute Gasteiger partial charge is 0.338 e. The molecule has 3 rings (SSSR count). The van der Waals surface area contributed by atoms with Gasteiger partial charge in [0.05, 0.1) is 0 Å². The molecule has 7 heteroatoms. The van der Waals surface area contributed by atoms with E-state index >= 15 is 0 Å². The van der Waals surface area contributed by atoms with E-state index in [-0.39, 0.29) is 11.8 Å². The molecule has 136 valence electrons. The molecule has 1 N–H and O–H groups in total. The number of hydrogen-bond donors (Lipinski definition) is 1. The summed E-state index contributed by atoms with van der Waals surface area (Å²) in [5.41, 5.74) is 2.08. The SMILES string of the molecule is Cc1c(CN2CCN(C(=O)C(F)C3CC3)CC2)cc(F)cc1NC=O. The van der Waals surface area contributed by atoms with Crippen molar-refractivity contribution in [3.63, 3.8) is 0 Å². The maximum Gasteiger partial charge on any atom is 0.257 e. The number of carbonyl (C=O) groups excluding carboxylic acids is 2. The number of nitrogens with one attached hydrogen (secondary N) is 1. The lowest BCUT2D eigenvalue weighted by Crippen LogP contribution is -2.50. The predicted octanol–water partition coefficient (Wildman–Crippen LogP) is 2.09. The predicted molar refractivity (Wildman–Crippen MR) is 90.3 cm³/mol. The first-order valence-corrected chi connectivity index (χ1v) is 8.64. The zero-order chi connectivity index (χ0) is 18.0. The highest BCUT2D eigenvalue weighted by atomic mass is 19.1. The Kier molecular flexibility index (Phi) is 5.32. The van der Waals surface area contributed by atoms with Crippen LogP contribution in [0.1, 0.15) is 24.0 Å². The Balaban J connectivity index is 1.59. The molecule has 0 spiro atoms. The Morgan fingerprint density at radius 3 is 2.60 bits per heavy atom. The van der Waals surface area contributed by atoms with E-state index in [0.717, 1.165) is 24.0 Å². The third-order valence-electron chi connectivity index (χ3n) is 5.04. The second-order valence-electron chi connectivity index (χ2n) is 6.84. The van der Waals surface area contributed by atoms with Crippen LogP contribution in [0.3, 0.4) is 0 Å². The zero-order valence-corrected chi connectivity index (χ0v) is 14.3. The molecule has 2 fully saturated rings. The number of hydrogen-bond acceptors (Lipinski definition) is 3. The zero-order valence-electron chi connectivity index (χ0n) is 14.3. The van der Waals surface area contributed by atoms with Gasteiger partial charge in [0.1, 0.15) is 5.82 Å². The van der Waals surface area contributed by atoms with Crippen LogP contribution in [0.4, 0.5) is 14.5 Å². The van der Waals surface area contributed by atoms with Crippen LogP contribution in [-0.4, -0.2) is 54.5 Å². The number of nitrogens with zero attached hydrogens (tertiary/aromatic N) is 2. The van der Waals surface area contributed by atoms with Crippen molar-refractivity contribution in [2.24, 2.45) is 5.92 Å². The Morgan fingerprint density at radius 1 is 1.32 bits per heavy atom. The van der Waals surface area contributed by atoms with Crippen molar-refractivity contribution in [1.82, 2.24) is 9.80 Å². The maximum absolute atomic E-state index is 13.9. The molecule has 2 aliphatic rings. The van der Waals surface area contributed by atoms with Gasteiger partial charge in [0.2, 0.25) is 6.41 Å². The van der Waals surface area contributed by atoms with E-state index in [9.17, 15) is 18.4 Å². The average molecular weight is 351 g/mol. The van der Waals surface area contributed by atoms with Gasteiger partial charge in [-0.2, -0.15) is 0 Å². The van der Waals surface area contributed by atoms with Gasteiger partial charge in [0.25, 0.3) is 5.91 Å². The minimum Gasteiger partial charge on any atom is -0.338 e. The third kappa shape index (κ3) is 4.15. The molecular formula is C18H23F2N3O2. The Hall–Kier alpha value is -2.02. The number of halogens is 2. The number of benzene rings is 1. The molecule has 1 heterocycles. The van der Waals surface area contributed by atoms with E-state index in [1.54, 1.807) is 4.90 Å². The second-order valence-corrected chi connectivity index (χ2v) is 6.84. The molecule has 0 radical (unpaired) electrons. The van der Waals surface area contributed by atoms with Crippen LogP contribution in [0.15, 0.2) is 12.1 Å². The lowest BCUT2D eigenvalue weighted by atomic mass is 10.1. The summed E-state index contributed by atoms with van der Waals surface area (Å²) >= 11 is 0. The second kappa shape index (κ2) is 7.47. The molecule has 0 bridgehead atoms. The van der Waals surface area contributed by atoms with Crippen molar-refractivity contribution in [2.45, 2.75) is 32.5 Å². The fourth-order valence-corrected chi connectivity index (χ4v) is 3.25. The first-order valence-electron chi connectivity index (χ1n) is 8.64. The number of piperazine rings is 1. The van der Waals surface area contributed by atoms with E-state index in [0.29, 0.717) is 44.8 Å². The van der Waals surface area contributed by atoms with Gasteiger partial charge in [0, 0.05) is 38.4 Å². The van der Waals surface area contributed by atoms with E-state index in [1.165, 1.54) is 12.1 Å². The number of alkyl halides is 1. The molecule has 25 heavy (non-hydrogen) atoms. The smallest absolute Gasteiger partial charge is 0.257 e. The van der Waals surface area contributed by atoms with Crippen molar-refractivity contribution in [3.05, 3.63) is 29.1 Å². The summed E-state index contributed by atoms with van der Waals surface area (Å²) in [4.78, 5) is 26.4. The van der Waals surface area contributed by atoms with Crippen LogP contribution in [0.5, 0.6) is 0 Å². The van der Waals surface area contributed by atoms with Crippen molar-refractivity contribution >= 4 is 18.0 Å². The molecule has 1 unspecified atom stereocenters. The lowest BCUT2D eigenvalue weighted by molar-refractivity contribution is -0.139. The van der Waals surface area contributed by atoms with E-state index in [2.05, 4.69) is 10.2 Å². The summed E-state index contributed by atoms with van der Waals surface area (Å²) in [6.45, 7) is 4.58. The lowest BCUT2D eigenvalue weighted by Gasteiger charge is -2.35. The van der Waals surface area contributed by atoms with E-state index in [4.69, 9.17) is 0 Å². The van der Waals surface area contributed by atoms with Crippen LogP contribution >= 0.6 is 0 Å². The van der Waals surface area contributed by atoms with Gasteiger partial charge in [-0.05, 0) is 48.9 Å². The van der Waals surface area contributed by atoms with Gasteiger partial charge in [-0.15, -0.1) is 0 Å². The molecule has 1 aliphatic heterocycles. The van der Waals surface area contributed by atoms with Crippen molar-refractivity contribution in [2.75, 3.05) is 31.5 Å². The van der Waals surface area contributed by atoms with Crippen molar-refractivity contribution in [1.29, 1.82) is 0 Å². The Labute approximate surface area is 146 Å². The van der Waals surface area contributed by atoms with Crippen LogP contribution in [0, 0.1) is 18.7 Å². The number of amides is 2. The van der Waals surface area contributed by atoms with Gasteiger partial charge in [0.15, 0.2) is 6.17 Å². The molecule has 1 aliphatic carbocycles. The standard InChI is InChI=1S/C18H23F2N3O2/c1-12-14(8-15(19)9-16(12)21-11-24)10-22-4-6-23(7-5-22)18(25)17(20)13-2-3-13/h8-9,11,13,17H,2-7,10H2,1H3,(H,21,24). The van der Waals surface area contributed by atoms with Crippen LogP contribution < -0.4 is 5.32 Å². The molecule has 1 atom stereocenters. The highest BCUT2D eigenvalue weighted by molar-refractivity contribution is 5.81. The Bertz CT molecular complexity index is 656. The van der Waals surface area contributed by atoms with Gasteiger partial charge in [-0.3, -0.25) is 14.5 Å². The number of rotatable bonds is 6. The number of carbonyl (C=O) groups is 2. The minimum atomic E-state index is -1.35. The fraction of sp³-hybridized carbons (Fsp3) is 0.556. The van der Waals surface area contributed by atoms with E-state index < -0.39 is 12.0 Å². The monoisotopic (exact) mass is 351 g/mol. The van der Waals surface area contributed by atoms with Crippen LogP contribution in [0.2, 0.25) is 0 Å². The molecule has 1 saturated carbocycles. The molecule has 5 nitrogen and oxygen atoms in total. The number of anilines is 1. The first-order chi connectivity index (χ1) is 12.0. The summed E-state index contributed by atoms with van der Waals surface area (Å²) in [5.74, 6) is -0.866. The average Bonchev–Trinajstić information content (AvgIpc) is 3.43. The topological polar surface area (TPSA) is 52.6 Å². The van der Waals surface area contributed by atoms with Crippen molar-refractivity contribution in [3.8, 4) is 0 Å². The molecule has 1 aromatic rings. The summed E-state index contributed by atoms with van der Waals surface area (Å²) in [6.07, 6.45) is 0.795. The van der Waals surface area contributed by atoms with Gasteiger partial charge < -0.3 is 10.2 Å². The third-order valence-corrected chi connectivity index (χ3v) is 5.04. The first kappa shape index (κ1) is 17.8. The van der Waals surface area contributed by atoms with Gasteiger partial charge in [-0.1, -0.05) is 0 Å². The van der Waals surface area contributed by atoms with Gasteiger partial charge >= 0.3 is 0 Å². The molecule has 2 amide bonds. The highest BCUT2D eigenvalue weighted by Gasteiger charge is 2.39. The molecule has 1 saturated heterocycles. The Morgan fingerprint density at radius 2 is 2.00 bits per heavy atom. The van der Waals surface area contributed by atoms with Crippen LogP contribution in [0.25, 0.3) is 0 Å². The van der Waals surface area contributed by atoms with Gasteiger partial charge in [-0.25, -0.2) is 8.78 Å². The summed E-state index contributed by atoms with van der Waals surface area (Å²) in [7, 11) is 0. The molecule has 0 aromatic heterocycles. The van der Waals surface area contributed by atoms with E-state index in [1.807, 2.05) is 6.92 Å². The van der Waals surface area contributed by atoms with Crippen LogP contribution in [-0.2, 0) is 16.1 Å². The molecule has 1 aromatic carbocycles. The molecular weight excluding hydrogens is 328 g/mol.